The molecule has 96 valence electrons. The predicted octanol–water partition coefficient (Wildman–Crippen LogP) is -0.777. The monoisotopic (exact) mass is 242 g/mol. The number of nitrogens with one attached hydrogen (secondary N) is 2. The van der Waals surface area contributed by atoms with Crippen molar-refractivity contribution in [2.24, 2.45) is 11.5 Å². The van der Waals surface area contributed by atoms with Crippen LogP contribution in [0, 0.1) is 5.41 Å². The summed E-state index contributed by atoms with van der Waals surface area (Å²) in [6.07, 6.45) is 0.875. The molecule has 0 aliphatic rings. The first-order valence-electron chi connectivity index (χ1n) is 5.09. The fraction of sp³-hybridized carbons (Fsp3) is 0.500. The summed E-state index contributed by atoms with van der Waals surface area (Å²) in [5.74, 6) is -1.69. The summed E-state index contributed by atoms with van der Waals surface area (Å²) in [4.78, 5) is 22.3. The Hall–Kier alpha value is -1.89. The summed E-state index contributed by atoms with van der Waals surface area (Å²) in [6.45, 7) is 5.22. The average molecular weight is 242 g/mol. The third-order valence-corrected chi connectivity index (χ3v) is 1.85. The van der Waals surface area contributed by atoms with Crippen molar-refractivity contribution < 1.29 is 14.3 Å². The molecule has 1 atom stereocenters. The van der Waals surface area contributed by atoms with E-state index in [1.54, 1.807) is 0 Å². The minimum Gasteiger partial charge on any atom is -0.389 e. The number of hydrogen-bond donors (Lipinski definition) is 4. The lowest BCUT2D eigenvalue weighted by Gasteiger charge is -2.10. The molecule has 17 heavy (non-hydrogen) atoms. The van der Waals surface area contributed by atoms with Crippen LogP contribution in [0.25, 0.3) is 0 Å². The van der Waals surface area contributed by atoms with Crippen molar-refractivity contribution in [3.8, 4) is 0 Å². The summed E-state index contributed by atoms with van der Waals surface area (Å²) < 4.78 is 4.46. The SMILES string of the molecule is C=C(C)C(=O)OC(=O)[C@@H](N)CCCNC(=N)N. The third-order valence-electron chi connectivity index (χ3n) is 1.85. The molecule has 0 saturated carbocycles. The second-order valence-electron chi connectivity index (χ2n) is 3.58. The van der Waals surface area contributed by atoms with E-state index in [1.165, 1.54) is 6.92 Å². The maximum absolute atomic E-state index is 11.3. The van der Waals surface area contributed by atoms with Gasteiger partial charge in [-0.15, -0.1) is 0 Å². The second-order valence-corrected chi connectivity index (χ2v) is 3.58. The highest BCUT2D eigenvalue weighted by atomic mass is 16.6. The number of carbonyl (C=O) groups excluding carboxylic acids is 2. The normalized spacial score (nSPS) is 11.4. The summed E-state index contributed by atoms with van der Waals surface area (Å²) in [5, 5.41) is 9.46. The molecular formula is C10H18N4O3. The Labute approximate surface area is 99.7 Å². The Bertz CT molecular complexity index is 328. The second kappa shape index (κ2) is 7.39. The van der Waals surface area contributed by atoms with Gasteiger partial charge in [0.2, 0.25) is 0 Å². The van der Waals surface area contributed by atoms with Crippen LogP contribution in [0.5, 0.6) is 0 Å². The van der Waals surface area contributed by atoms with Gasteiger partial charge in [0.1, 0.15) is 6.04 Å². The summed E-state index contributed by atoms with van der Waals surface area (Å²) in [7, 11) is 0. The van der Waals surface area contributed by atoms with Gasteiger partial charge in [0.05, 0.1) is 0 Å². The summed E-state index contributed by atoms with van der Waals surface area (Å²) >= 11 is 0. The van der Waals surface area contributed by atoms with Crippen molar-refractivity contribution in [2.45, 2.75) is 25.8 Å². The van der Waals surface area contributed by atoms with Crippen LogP contribution in [-0.4, -0.2) is 30.5 Å². The molecule has 0 heterocycles. The van der Waals surface area contributed by atoms with Crippen LogP contribution in [0.1, 0.15) is 19.8 Å². The molecule has 0 saturated heterocycles. The molecular weight excluding hydrogens is 224 g/mol. The fourth-order valence-electron chi connectivity index (χ4n) is 0.917. The molecule has 0 aromatic carbocycles. The van der Waals surface area contributed by atoms with E-state index in [0.29, 0.717) is 19.4 Å². The first-order valence-corrected chi connectivity index (χ1v) is 5.09. The minimum atomic E-state index is -0.868. The van der Waals surface area contributed by atoms with E-state index in [-0.39, 0.29) is 11.5 Å². The molecule has 0 unspecified atom stereocenters. The highest BCUT2D eigenvalue weighted by Gasteiger charge is 2.18. The number of carbonyl (C=O) groups is 2. The highest BCUT2D eigenvalue weighted by molar-refractivity contribution is 5.96. The number of guanidine groups is 1. The van der Waals surface area contributed by atoms with Gasteiger partial charge in [0.25, 0.3) is 0 Å². The van der Waals surface area contributed by atoms with Crippen LogP contribution in [0.3, 0.4) is 0 Å². The summed E-state index contributed by atoms with van der Waals surface area (Å²) in [5.41, 5.74) is 10.7. The van der Waals surface area contributed by atoms with Crippen molar-refractivity contribution in [1.29, 1.82) is 5.41 Å². The molecule has 0 fully saturated rings. The standard InChI is InChI=1S/C10H18N4O3/c1-6(2)8(15)17-9(16)7(11)4-3-5-14-10(12)13/h7H,1,3-5,11H2,2H3,(H4,12,13,14)/t7-/m0/s1. The lowest BCUT2D eigenvalue weighted by atomic mass is 10.2. The molecule has 0 rings (SSSR count). The Morgan fingerprint density at radius 2 is 2.12 bits per heavy atom. The third kappa shape index (κ3) is 7.07. The van der Waals surface area contributed by atoms with E-state index < -0.39 is 18.0 Å². The Balaban J connectivity index is 3.86. The van der Waals surface area contributed by atoms with Crippen LogP contribution in [0.15, 0.2) is 12.2 Å². The van der Waals surface area contributed by atoms with Gasteiger partial charge in [-0.05, 0) is 19.8 Å². The Morgan fingerprint density at radius 3 is 2.59 bits per heavy atom. The number of rotatable bonds is 6. The van der Waals surface area contributed by atoms with Crippen LogP contribution in [0.4, 0.5) is 0 Å². The molecule has 7 heteroatoms. The zero-order valence-electron chi connectivity index (χ0n) is 9.79. The maximum atomic E-state index is 11.3. The van der Waals surface area contributed by atoms with Crippen molar-refractivity contribution in [1.82, 2.24) is 5.32 Å². The Kier molecular flexibility index (Phi) is 6.57. The lowest BCUT2D eigenvalue weighted by molar-refractivity contribution is -0.158. The van der Waals surface area contributed by atoms with Crippen LogP contribution >= 0.6 is 0 Å². The molecule has 0 radical (unpaired) electrons. The van der Waals surface area contributed by atoms with E-state index in [4.69, 9.17) is 16.9 Å². The summed E-state index contributed by atoms with van der Waals surface area (Å²) in [6, 6.07) is -0.868. The minimum absolute atomic E-state index is 0.140. The highest BCUT2D eigenvalue weighted by Crippen LogP contribution is 1.99. The first-order chi connectivity index (χ1) is 7.84. The van der Waals surface area contributed by atoms with Gasteiger partial charge < -0.3 is 21.5 Å². The molecule has 0 aliphatic heterocycles. The van der Waals surface area contributed by atoms with E-state index in [0.717, 1.165) is 0 Å². The number of hydrogen-bond acceptors (Lipinski definition) is 5. The number of esters is 2. The van der Waals surface area contributed by atoms with Crippen LogP contribution in [-0.2, 0) is 14.3 Å². The van der Waals surface area contributed by atoms with Gasteiger partial charge in [0.15, 0.2) is 5.96 Å². The molecule has 0 amide bonds. The van der Waals surface area contributed by atoms with Gasteiger partial charge >= 0.3 is 11.9 Å². The van der Waals surface area contributed by atoms with E-state index in [9.17, 15) is 9.59 Å². The molecule has 0 aromatic rings. The number of nitrogens with two attached hydrogens (primary N) is 2. The fourth-order valence-corrected chi connectivity index (χ4v) is 0.917. The van der Waals surface area contributed by atoms with E-state index in [2.05, 4.69) is 16.6 Å². The molecule has 7 nitrogen and oxygen atoms in total. The smallest absolute Gasteiger partial charge is 0.340 e. The topological polar surface area (TPSA) is 131 Å². The quantitative estimate of drug-likeness (QED) is 0.121. The zero-order chi connectivity index (χ0) is 13.4. The van der Waals surface area contributed by atoms with Gasteiger partial charge in [-0.2, -0.15) is 0 Å². The van der Waals surface area contributed by atoms with Crippen molar-refractivity contribution in [3.05, 3.63) is 12.2 Å². The van der Waals surface area contributed by atoms with Crippen LogP contribution in [0.2, 0.25) is 0 Å². The van der Waals surface area contributed by atoms with Gasteiger partial charge in [-0.1, -0.05) is 6.58 Å². The largest absolute Gasteiger partial charge is 0.389 e. The zero-order valence-corrected chi connectivity index (χ0v) is 9.79. The van der Waals surface area contributed by atoms with Gasteiger partial charge in [-0.3, -0.25) is 5.41 Å². The molecule has 0 aliphatic carbocycles. The molecule has 0 spiro atoms. The molecule has 0 aromatic heterocycles. The van der Waals surface area contributed by atoms with E-state index in [1.807, 2.05) is 0 Å². The van der Waals surface area contributed by atoms with Gasteiger partial charge in [0, 0.05) is 12.1 Å². The van der Waals surface area contributed by atoms with Crippen molar-refractivity contribution in [3.63, 3.8) is 0 Å². The Morgan fingerprint density at radius 1 is 1.53 bits per heavy atom. The average Bonchev–Trinajstić information content (AvgIpc) is 2.23. The maximum Gasteiger partial charge on any atom is 0.340 e. The predicted molar refractivity (Wildman–Crippen MR) is 63.0 cm³/mol. The first kappa shape index (κ1) is 15.1. The van der Waals surface area contributed by atoms with E-state index >= 15 is 0 Å². The van der Waals surface area contributed by atoms with Crippen molar-refractivity contribution >= 4 is 17.9 Å². The lowest BCUT2D eigenvalue weighted by Crippen LogP contribution is -2.36. The molecule has 0 bridgehead atoms. The van der Waals surface area contributed by atoms with Crippen molar-refractivity contribution in [2.75, 3.05) is 6.54 Å². The number of ether oxygens (including phenoxy) is 1. The van der Waals surface area contributed by atoms with Crippen LogP contribution < -0.4 is 16.8 Å². The molecule has 6 N–H and O–H groups in total. The van der Waals surface area contributed by atoms with Gasteiger partial charge in [-0.25, -0.2) is 9.59 Å².